The number of ether oxygens (including phenoxy) is 1. The number of nitrogens with zero attached hydrogens (tertiary/aromatic N) is 4. The average molecular weight is 412 g/mol. The molecule has 0 spiro atoms. The fourth-order valence-corrected chi connectivity index (χ4v) is 3.63. The molecular formula is C21H18F2N4O3. The lowest BCUT2D eigenvalue weighted by Crippen LogP contribution is -2.37. The van der Waals surface area contributed by atoms with Crippen LogP contribution in [0.4, 0.5) is 14.5 Å². The number of carboxylic acid groups (broad SMARTS) is 1. The van der Waals surface area contributed by atoms with Gasteiger partial charge in [-0.05, 0) is 12.1 Å². The van der Waals surface area contributed by atoms with Crippen LogP contribution in [0.1, 0.15) is 23.7 Å². The second-order valence-electron chi connectivity index (χ2n) is 6.81. The van der Waals surface area contributed by atoms with Crippen molar-refractivity contribution in [2.75, 3.05) is 18.6 Å². The molecule has 9 heteroatoms. The van der Waals surface area contributed by atoms with Gasteiger partial charge in [0.25, 0.3) is 0 Å². The van der Waals surface area contributed by atoms with Crippen molar-refractivity contribution in [1.29, 1.82) is 0 Å². The Morgan fingerprint density at radius 1 is 1.30 bits per heavy atom. The number of pyridine rings is 1. The van der Waals surface area contributed by atoms with Crippen molar-refractivity contribution in [2.45, 2.75) is 18.9 Å². The molecule has 0 saturated heterocycles. The van der Waals surface area contributed by atoms with Crippen LogP contribution < -0.4 is 9.64 Å². The number of aliphatic carboxylic acids is 1. The Hall–Kier alpha value is -3.62. The van der Waals surface area contributed by atoms with E-state index in [4.69, 9.17) is 4.74 Å². The summed E-state index contributed by atoms with van der Waals surface area (Å²) in [6.45, 7) is 0.373. The van der Waals surface area contributed by atoms with Gasteiger partial charge in [0.1, 0.15) is 5.69 Å². The third-order valence-electron chi connectivity index (χ3n) is 5.02. The van der Waals surface area contributed by atoms with Crippen LogP contribution in [0, 0.1) is 11.6 Å². The largest absolute Gasteiger partial charge is 0.493 e. The van der Waals surface area contributed by atoms with Crippen molar-refractivity contribution in [3.63, 3.8) is 0 Å². The smallest absolute Gasteiger partial charge is 0.305 e. The third-order valence-corrected chi connectivity index (χ3v) is 5.02. The molecule has 1 unspecified atom stereocenters. The van der Waals surface area contributed by atoms with E-state index in [1.165, 1.54) is 13.2 Å². The Kier molecular flexibility index (Phi) is 5.26. The molecule has 0 saturated carbocycles. The molecule has 30 heavy (non-hydrogen) atoms. The summed E-state index contributed by atoms with van der Waals surface area (Å²) in [4.78, 5) is 26.5. The molecule has 0 radical (unpaired) electrons. The minimum absolute atomic E-state index is 0.244. The minimum Gasteiger partial charge on any atom is -0.493 e. The second-order valence-corrected chi connectivity index (χ2v) is 6.81. The van der Waals surface area contributed by atoms with Crippen LogP contribution in [0.25, 0.3) is 11.5 Å². The molecule has 0 bridgehead atoms. The molecular weight excluding hydrogens is 394 g/mol. The molecule has 3 aromatic rings. The van der Waals surface area contributed by atoms with Crippen molar-refractivity contribution >= 4 is 11.7 Å². The molecule has 1 aromatic carbocycles. The van der Waals surface area contributed by atoms with Crippen LogP contribution >= 0.6 is 0 Å². The summed E-state index contributed by atoms with van der Waals surface area (Å²) in [5, 5.41) is 9.45. The van der Waals surface area contributed by atoms with Gasteiger partial charge in [0, 0.05) is 48.7 Å². The summed E-state index contributed by atoms with van der Waals surface area (Å²) in [6, 6.07) is 7.18. The molecule has 4 rings (SSSR count). The number of benzene rings is 1. The highest BCUT2D eigenvalue weighted by Crippen LogP contribution is 2.38. The zero-order chi connectivity index (χ0) is 21.3. The van der Waals surface area contributed by atoms with Gasteiger partial charge in [-0.2, -0.15) is 4.39 Å². The van der Waals surface area contributed by atoms with Gasteiger partial charge in [-0.15, -0.1) is 0 Å². The van der Waals surface area contributed by atoms with Crippen LogP contribution in [0.3, 0.4) is 0 Å². The van der Waals surface area contributed by atoms with Crippen LogP contribution in [0.2, 0.25) is 0 Å². The number of halogens is 2. The molecule has 1 N–H and O–H groups in total. The first-order valence-corrected chi connectivity index (χ1v) is 9.26. The van der Waals surface area contributed by atoms with Gasteiger partial charge < -0.3 is 14.7 Å². The van der Waals surface area contributed by atoms with Crippen LogP contribution in [-0.2, 0) is 11.2 Å². The summed E-state index contributed by atoms with van der Waals surface area (Å²) < 4.78 is 32.9. The second kappa shape index (κ2) is 8.02. The average Bonchev–Trinajstić information content (AvgIpc) is 2.75. The van der Waals surface area contributed by atoms with Crippen molar-refractivity contribution in [2.24, 2.45) is 0 Å². The van der Waals surface area contributed by atoms with Crippen molar-refractivity contribution < 1.29 is 23.4 Å². The van der Waals surface area contributed by atoms with Gasteiger partial charge in [-0.1, -0.05) is 6.07 Å². The van der Waals surface area contributed by atoms with E-state index in [1.807, 2.05) is 6.07 Å². The number of anilines is 1. The first-order chi connectivity index (χ1) is 14.5. The molecule has 1 aliphatic rings. The standard InChI is InChI=1S/C21H18F2N4O3/c1-30-18-9-12(8-14(22)20(18)23)27-7-5-15-13(17(27)10-19(28)29)11-25-21(26-15)16-4-2-3-6-24-16/h2-4,6,8-9,11,17H,5,7,10H2,1H3,(H,28,29). The topological polar surface area (TPSA) is 88.4 Å². The van der Waals surface area contributed by atoms with Crippen molar-refractivity contribution in [3.05, 3.63) is 65.6 Å². The van der Waals surface area contributed by atoms with E-state index in [9.17, 15) is 18.7 Å². The molecule has 1 aliphatic heterocycles. The lowest BCUT2D eigenvalue weighted by atomic mass is 9.94. The number of rotatable bonds is 5. The van der Waals surface area contributed by atoms with Crippen molar-refractivity contribution in [1.82, 2.24) is 15.0 Å². The highest BCUT2D eigenvalue weighted by molar-refractivity contribution is 5.70. The summed E-state index contributed by atoms with van der Waals surface area (Å²) in [6.07, 6.45) is 3.46. The zero-order valence-corrected chi connectivity index (χ0v) is 16.0. The fourth-order valence-electron chi connectivity index (χ4n) is 3.63. The molecule has 3 heterocycles. The maximum Gasteiger partial charge on any atom is 0.305 e. The third kappa shape index (κ3) is 3.66. The lowest BCUT2D eigenvalue weighted by Gasteiger charge is -2.37. The van der Waals surface area contributed by atoms with Gasteiger partial charge >= 0.3 is 5.97 Å². The fraction of sp³-hybridized carbons (Fsp3) is 0.238. The lowest BCUT2D eigenvalue weighted by molar-refractivity contribution is -0.137. The molecule has 0 fully saturated rings. The SMILES string of the molecule is COc1cc(N2CCc3nc(-c4ccccn4)ncc3C2CC(=O)O)cc(F)c1F. The number of methoxy groups -OCH3 is 1. The Balaban J connectivity index is 1.76. The number of hydrogen-bond donors (Lipinski definition) is 1. The maximum absolute atomic E-state index is 14.1. The molecule has 1 atom stereocenters. The van der Waals surface area contributed by atoms with Gasteiger partial charge in [0.05, 0.1) is 25.3 Å². The van der Waals surface area contributed by atoms with Gasteiger partial charge in [-0.3, -0.25) is 9.78 Å². The highest BCUT2D eigenvalue weighted by atomic mass is 19.2. The van der Waals surface area contributed by atoms with E-state index in [0.717, 1.165) is 6.07 Å². The Labute approximate surface area is 171 Å². The summed E-state index contributed by atoms with van der Waals surface area (Å²) in [5.74, 6) is -2.97. The van der Waals surface area contributed by atoms with Gasteiger partial charge in [0.2, 0.25) is 5.82 Å². The van der Waals surface area contributed by atoms with Crippen molar-refractivity contribution in [3.8, 4) is 17.3 Å². The van der Waals surface area contributed by atoms with E-state index in [-0.39, 0.29) is 12.2 Å². The summed E-state index contributed by atoms with van der Waals surface area (Å²) in [7, 11) is 1.24. The number of carboxylic acids is 1. The quantitative estimate of drug-likeness (QED) is 0.687. The van der Waals surface area contributed by atoms with Gasteiger partial charge in [0.15, 0.2) is 17.4 Å². The number of hydrogen-bond acceptors (Lipinski definition) is 6. The van der Waals surface area contributed by atoms with Crippen LogP contribution in [-0.4, -0.2) is 39.7 Å². The van der Waals surface area contributed by atoms with E-state index >= 15 is 0 Å². The van der Waals surface area contributed by atoms with E-state index in [2.05, 4.69) is 15.0 Å². The van der Waals surface area contributed by atoms with Gasteiger partial charge in [-0.25, -0.2) is 14.4 Å². The highest BCUT2D eigenvalue weighted by Gasteiger charge is 2.32. The molecule has 154 valence electrons. The number of aromatic nitrogens is 3. The Bertz CT molecular complexity index is 1100. The van der Waals surface area contributed by atoms with Crippen LogP contribution in [0.5, 0.6) is 5.75 Å². The monoisotopic (exact) mass is 412 g/mol. The number of fused-ring (bicyclic) bond motifs is 1. The Morgan fingerprint density at radius 3 is 2.83 bits per heavy atom. The predicted molar refractivity (Wildman–Crippen MR) is 104 cm³/mol. The molecule has 0 amide bonds. The normalized spacial score (nSPS) is 15.6. The molecule has 0 aliphatic carbocycles. The van der Waals surface area contributed by atoms with Crippen LogP contribution in [0.15, 0.2) is 42.7 Å². The molecule has 2 aromatic heterocycles. The van der Waals surface area contributed by atoms with E-state index in [1.54, 1.807) is 29.4 Å². The first kappa shape index (κ1) is 19.7. The Morgan fingerprint density at radius 2 is 2.13 bits per heavy atom. The summed E-state index contributed by atoms with van der Waals surface area (Å²) in [5.41, 5.74) is 2.29. The zero-order valence-electron chi connectivity index (χ0n) is 16.0. The maximum atomic E-state index is 14.1. The van der Waals surface area contributed by atoms with E-state index in [0.29, 0.717) is 41.4 Å². The first-order valence-electron chi connectivity index (χ1n) is 9.26. The molecule has 7 nitrogen and oxygen atoms in total. The number of carbonyl (C=O) groups is 1. The minimum atomic E-state index is -1.09. The summed E-state index contributed by atoms with van der Waals surface area (Å²) >= 11 is 0. The van der Waals surface area contributed by atoms with E-state index < -0.39 is 23.6 Å². The predicted octanol–water partition coefficient (Wildman–Crippen LogP) is 3.40.